The lowest BCUT2D eigenvalue weighted by Gasteiger charge is -2.37. The highest BCUT2D eigenvalue weighted by Crippen LogP contribution is 2.46. The van der Waals surface area contributed by atoms with E-state index >= 15 is 0 Å². The second-order valence-corrected chi connectivity index (χ2v) is 25.9. The fourth-order valence-electron chi connectivity index (χ4n) is 12.5. The summed E-state index contributed by atoms with van der Waals surface area (Å²) >= 11 is 0. The standard InChI is InChI=1S/C67H83F2N7O13/c1-40(73(10)89-47-19-15-12-16-20-47)53(78)36-50(66(3,4)5)63(83)74-33-31-48-49(35-55(58(48)74)87-45-25-21-43(68)22-26-45)54(79)37-70-62(82)52(77)29-30-57(80)76-38-56(88-46-27-23-44(69)24-28-46)59-51(76)32-34-75(59)64(84)60(67(6,7)8)71-61(81)41(2)72(9)65(85)86-39-42-17-13-11-14-18-42/h11-28,40-41,48-51,55-56,58-60H,29-39H2,1-10H3,(H,70,82)(H,71,81)/t40-,41-,48-,49?,50+,51+,55-,56-,58-,59-,60+/m0/s1. The molecule has 2 N–H and O–H groups in total. The van der Waals surface area contributed by atoms with Crippen LogP contribution >= 0.6 is 0 Å². The summed E-state index contributed by atoms with van der Waals surface area (Å²) in [7, 11) is 3.08. The van der Waals surface area contributed by atoms with E-state index in [2.05, 4.69) is 10.6 Å². The monoisotopic (exact) mass is 1230 g/mol. The SMILES string of the molecule is C[C@@H](C(=O)C[C@H](C(=O)N1CC[C@H]2C(C(=O)CNC(=O)C(=O)CCC(=O)N3C[C@H](Oc4ccc(F)cc4)[C@@H]4[C@H]3CCN4C(=O)[C@@H](NC(=O)[C@H](C)N(C)C(=O)OCc3ccccc3)C(C)(C)C)C[C@H](Oc3ccc(F)cc3)[C@H]21)C(C)(C)C)N(C)Oc1ccccc1. The highest BCUT2D eigenvalue weighted by atomic mass is 19.1. The summed E-state index contributed by atoms with van der Waals surface area (Å²) in [6, 6.07) is 23.8. The van der Waals surface area contributed by atoms with Crippen molar-refractivity contribution in [2.75, 3.05) is 40.3 Å². The van der Waals surface area contributed by atoms with E-state index in [1.807, 2.05) is 57.2 Å². The molecule has 3 aliphatic heterocycles. The third-order valence-corrected chi connectivity index (χ3v) is 17.8. The Kier molecular flexibility index (Phi) is 21.3. The van der Waals surface area contributed by atoms with Gasteiger partial charge in [-0.1, -0.05) is 90.1 Å². The molecule has 0 aromatic heterocycles. The van der Waals surface area contributed by atoms with E-state index in [1.54, 1.807) is 68.8 Å². The molecule has 11 atom stereocenters. The predicted octanol–water partition coefficient (Wildman–Crippen LogP) is 7.37. The average Bonchev–Trinajstić information content (AvgIpc) is 1.72. The Hall–Kier alpha value is -8.27. The Morgan fingerprint density at radius 2 is 1.22 bits per heavy atom. The Morgan fingerprint density at radius 1 is 0.652 bits per heavy atom. The number of carbonyl (C=O) groups is 9. The third-order valence-electron chi connectivity index (χ3n) is 17.8. The zero-order valence-corrected chi connectivity index (χ0v) is 52.3. The van der Waals surface area contributed by atoms with Crippen LogP contribution in [0, 0.1) is 40.2 Å². The summed E-state index contributed by atoms with van der Waals surface area (Å²) in [5.41, 5.74) is -0.779. The maximum absolute atomic E-state index is 14.9. The van der Waals surface area contributed by atoms with Crippen molar-refractivity contribution in [3.8, 4) is 17.2 Å². The Labute approximate surface area is 518 Å². The molecule has 4 aliphatic rings. The number of halogens is 2. The Bertz CT molecular complexity index is 3200. The number of benzene rings is 4. The minimum absolute atomic E-state index is 0.0126. The van der Waals surface area contributed by atoms with E-state index in [9.17, 15) is 51.9 Å². The van der Waals surface area contributed by atoms with E-state index in [0.29, 0.717) is 24.3 Å². The van der Waals surface area contributed by atoms with Crippen molar-refractivity contribution < 1.29 is 71.0 Å². The van der Waals surface area contributed by atoms with Crippen LogP contribution < -0.4 is 24.9 Å². The largest absolute Gasteiger partial charge is 0.488 e. The van der Waals surface area contributed by atoms with Crippen LogP contribution in [0.1, 0.15) is 99.5 Å². The number of rotatable bonds is 24. The lowest BCUT2D eigenvalue weighted by atomic mass is 9.76. The van der Waals surface area contributed by atoms with Crippen LogP contribution in [0.4, 0.5) is 13.6 Å². The minimum Gasteiger partial charge on any atom is -0.488 e. The van der Waals surface area contributed by atoms with Gasteiger partial charge in [-0.25, -0.2) is 13.6 Å². The fraction of sp³-hybridized carbons (Fsp3) is 0.507. The molecule has 0 spiro atoms. The zero-order valence-electron chi connectivity index (χ0n) is 52.3. The molecular formula is C67H83F2N7O13. The normalized spacial score (nSPS) is 21.8. The molecule has 8 rings (SSSR count). The summed E-state index contributed by atoms with van der Waals surface area (Å²) in [6.07, 6.45) is -2.52. The topological polar surface area (TPSA) is 231 Å². The molecule has 1 aliphatic carbocycles. The molecule has 478 valence electrons. The Balaban J connectivity index is 0.898. The second-order valence-electron chi connectivity index (χ2n) is 25.9. The number of para-hydroxylation sites is 1. The lowest BCUT2D eigenvalue weighted by molar-refractivity contribution is -0.148. The molecule has 4 fully saturated rings. The van der Waals surface area contributed by atoms with Crippen LogP contribution in [0.5, 0.6) is 17.2 Å². The fourth-order valence-corrected chi connectivity index (χ4v) is 12.5. The van der Waals surface area contributed by atoms with Crippen LogP contribution in [0.15, 0.2) is 109 Å². The first-order valence-corrected chi connectivity index (χ1v) is 30.4. The molecule has 3 heterocycles. The van der Waals surface area contributed by atoms with Gasteiger partial charge in [0.05, 0.1) is 31.2 Å². The summed E-state index contributed by atoms with van der Waals surface area (Å²) in [5.74, 6) is -6.30. The maximum atomic E-state index is 14.9. The Morgan fingerprint density at radius 3 is 1.82 bits per heavy atom. The molecule has 89 heavy (non-hydrogen) atoms. The third kappa shape index (κ3) is 16.1. The number of likely N-dealkylation sites (N-methyl/N-ethyl adjacent to an activating group) is 2. The molecule has 22 heteroatoms. The summed E-state index contributed by atoms with van der Waals surface area (Å²) in [6.45, 7) is 14.1. The van der Waals surface area contributed by atoms with Crippen molar-refractivity contribution in [3.05, 3.63) is 126 Å². The summed E-state index contributed by atoms with van der Waals surface area (Å²) < 4.78 is 46.4. The first-order chi connectivity index (χ1) is 42.1. The van der Waals surface area contributed by atoms with E-state index < -0.39 is 149 Å². The van der Waals surface area contributed by atoms with E-state index in [4.69, 9.17) is 19.0 Å². The number of Topliss-reactive ketones (excluding diaryl/α,β-unsaturated/α-hetero) is 3. The van der Waals surface area contributed by atoms with E-state index in [1.165, 1.54) is 72.5 Å². The maximum Gasteiger partial charge on any atom is 0.410 e. The number of nitrogens with zero attached hydrogens (tertiary/aromatic N) is 5. The number of nitrogens with one attached hydrogen (secondary N) is 2. The molecule has 1 saturated carbocycles. The van der Waals surface area contributed by atoms with Crippen molar-refractivity contribution in [2.24, 2.45) is 28.6 Å². The molecule has 0 bridgehead atoms. The molecule has 0 radical (unpaired) electrons. The number of carbonyl (C=O) groups excluding carboxylic acids is 9. The van der Waals surface area contributed by atoms with Crippen molar-refractivity contribution >= 4 is 53.0 Å². The van der Waals surface area contributed by atoms with Gasteiger partial charge < -0.3 is 44.4 Å². The van der Waals surface area contributed by atoms with Crippen molar-refractivity contribution in [2.45, 2.75) is 149 Å². The van der Waals surface area contributed by atoms with Crippen molar-refractivity contribution in [1.82, 2.24) is 35.3 Å². The number of likely N-dealkylation sites (tertiary alicyclic amines) is 3. The van der Waals surface area contributed by atoms with Gasteiger partial charge in [-0.15, -0.1) is 5.06 Å². The van der Waals surface area contributed by atoms with Gasteiger partial charge >= 0.3 is 6.09 Å². The summed E-state index contributed by atoms with van der Waals surface area (Å²) in [4.78, 5) is 138. The first-order valence-electron chi connectivity index (χ1n) is 30.4. The number of hydrogen-bond acceptors (Lipinski definition) is 14. The average molecular weight is 1230 g/mol. The van der Waals surface area contributed by atoms with Crippen LogP contribution in [-0.2, 0) is 49.7 Å². The van der Waals surface area contributed by atoms with Gasteiger partial charge in [-0.05, 0) is 116 Å². The number of hydrogen-bond donors (Lipinski definition) is 2. The van der Waals surface area contributed by atoms with Crippen LogP contribution in [-0.4, -0.2) is 166 Å². The molecule has 6 amide bonds. The smallest absolute Gasteiger partial charge is 0.410 e. The quantitative estimate of drug-likeness (QED) is 0.0516. The van der Waals surface area contributed by atoms with Gasteiger partial charge in [0, 0.05) is 58.3 Å². The molecule has 1 unspecified atom stereocenters. The van der Waals surface area contributed by atoms with Gasteiger partial charge in [0.1, 0.15) is 65.8 Å². The van der Waals surface area contributed by atoms with Gasteiger partial charge in [0.25, 0.3) is 5.91 Å². The van der Waals surface area contributed by atoms with Gasteiger partial charge in [0.15, 0.2) is 11.6 Å². The highest BCUT2D eigenvalue weighted by Gasteiger charge is 2.57. The molecule has 4 aromatic carbocycles. The number of hydroxylamine groups is 2. The van der Waals surface area contributed by atoms with Gasteiger partial charge in [0.2, 0.25) is 29.4 Å². The predicted molar refractivity (Wildman–Crippen MR) is 323 cm³/mol. The van der Waals surface area contributed by atoms with Crippen LogP contribution in [0.2, 0.25) is 0 Å². The number of fused-ring (bicyclic) bond motifs is 2. The molecule has 20 nitrogen and oxygen atoms in total. The minimum atomic E-state index is -1.12. The summed E-state index contributed by atoms with van der Waals surface area (Å²) in [5, 5.41) is 6.79. The molecule has 3 saturated heterocycles. The number of amides is 6. The lowest BCUT2D eigenvalue weighted by Crippen LogP contribution is -2.60. The van der Waals surface area contributed by atoms with E-state index in [-0.39, 0.29) is 56.5 Å². The molecule has 4 aromatic rings. The zero-order chi connectivity index (χ0) is 64.6. The number of ether oxygens (including phenoxy) is 3. The van der Waals surface area contributed by atoms with Crippen LogP contribution in [0.25, 0.3) is 0 Å². The van der Waals surface area contributed by atoms with Crippen molar-refractivity contribution in [1.29, 1.82) is 0 Å². The first kappa shape index (κ1) is 66.7. The van der Waals surface area contributed by atoms with Crippen molar-refractivity contribution in [3.63, 3.8) is 0 Å². The molecular weight excluding hydrogens is 1150 g/mol. The van der Waals surface area contributed by atoms with E-state index in [0.717, 1.165) is 10.5 Å². The highest BCUT2D eigenvalue weighted by molar-refractivity contribution is 6.36. The van der Waals surface area contributed by atoms with Gasteiger partial charge in [-0.3, -0.25) is 43.3 Å². The number of ketones is 3. The van der Waals surface area contributed by atoms with Gasteiger partial charge in [-0.2, -0.15) is 0 Å². The second kappa shape index (κ2) is 28.5. The van der Waals surface area contributed by atoms with Crippen LogP contribution in [0.3, 0.4) is 0 Å².